The van der Waals surface area contributed by atoms with Gasteiger partial charge in [-0.15, -0.1) is 12.4 Å². The van der Waals surface area contributed by atoms with Gasteiger partial charge in [0.1, 0.15) is 17.5 Å². The highest BCUT2D eigenvalue weighted by molar-refractivity contribution is 8.03. The van der Waals surface area contributed by atoms with Crippen molar-refractivity contribution in [1.82, 2.24) is 9.97 Å². The number of aromatic nitrogens is 2. The number of halogens is 1. The predicted molar refractivity (Wildman–Crippen MR) is 88.0 cm³/mol. The maximum absolute atomic E-state index is 8.62. The summed E-state index contributed by atoms with van der Waals surface area (Å²) in [5, 5.41) is 14.9. The van der Waals surface area contributed by atoms with Crippen LogP contribution < -0.4 is 5.32 Å². The number of anilines is 2. The smallest absolute Gasteiger partial charge is 0.141 e. The van der Waals surface area contributed by atoms with Crippen LogP contribution in [0.3, 0.4) is 0 Å². The Kier molecular flexibility index (Phi) is 4.99. The molecule has 21 heavy (non-hydrogen) atoms. The summed E-state index contributed by atoms with van der Waals surface area (Å²) in [6, 6.07) is 15.5. The van der Waals surface area contributed by atoms with Gasteiger partial charge in [-0.1, -0.05) is 12.1 Å². The van der Waals surface area contributed by atoms with Gasteiger partial charge >= 0.3 is 0 Å². The summed E-state index contributed by atoms with van der Waals surface area (Å²) in [6.45, 7) is 0. The van der Waals surface area contributed by atoms with Crippen molar-refractivity contribution in [1.29, 1.82) is 5.26 Å². The number of rotatable bonds is 3. The second-order valence-corrected chi connectivity index (χ2v) is 4.94. The summed E-state index contributed by atoms with van der Waals surface area (Å²) in [6.07, 6.45) is 1.55. The molecule has 1 aromatic heterocycles. The van der Waals surface area contributed by atoms with Gasteiger partial charge in [0.15, 0.2) is 0 Å². The van der Waals surface area contributed by atoms with E-state index >= 15 is 0 Å². The van der Waals surface area contributed by atoms with E-state index in [9.17, 15) is 0 Å². The molecular formula is C15H11ClN4S. The third kappa shape index (κ3) is 3.43. The fourth-order valence-electron chi connectivity index (χ4n) is 1.90. The molecule has 0 radical (unpaired) electrons. The molecule has 3 rings (SSSR count). The van der Waals surface area contributed by atoms with Crippen LogP contribution in [0.15, 0.2) is 59.8 Å². The quantitative estimate of drug-likeness (QED) is 0.574. The Morgan fingerprint density at radius 1 is 1.00 bits per heavy atom. The maximum atomic E-state index is 8.62. The van der Waals surface area contributed by atoms with Gasteiger partial charge in [0.25, 0.3) is 0 Å². The van der Waals surface area contributed by atoms with E-state index in [1.165, 1.54) is 0 Å². The number of thioether (sulfide) groups is 1. The van der Waals surface area contributed by atoms with Crippen LogP contribution in [0.2, 0.25) is 0 Å². The van der Waals surface area contributed by atoms with E-state index in [1.54, 1.807) is 6.33 Å². The van der Waals surface area contributed by atoms with Gasteiger partial charge in [-0.2, -0.15) is 5.26 Å². The highest BCUT2D eigenvalue weighted by Crippen LogP contribution is 2.24. The zero-order valence-corrected chi connectivity index (χ0v) is 12.5. The molecule has 104 valence electrons. The van der Waals surface area contributed by atoms with Crippen LogP contribution in [0, 0.1) is 10.7 Å². The topological polar surface area (TPSA) is 61.6 Å². The molecule has 0 aliphatic carbocycles. The monoisotopic (exact) mass is 314 g/mol. The second kappa shape index (κ2) is 6.93. The number of nitrogens with one attached hydrogen (secondary N) is 1. The number of benzene rings is 2. The van der Waals surface area contributed by atoms with Crippen molar-refractivity contribution in [2.24, 2.45) is 0 Å². The standard InChI is InChI=1S/C15H10N4S.ClH/c16-9-20-12-7-5-11(6-8-12)19-15-13-3-1-2-4-14(13)17-10-18-15;/h1-8,10H,(H,17,18,19);1H. The summed E-state index contributed by atoms with van der Waals surface area (Å²) in [4.78, 5) is 9.43. The highest BCUT2D eigenvalue weighted by atomic mass is 35.5. The number of para-hydroxylation sites is 1. The van der Waals surface area contributed by atoms with Crippen molar-refractivity contribution in [3.05, 3.63) is 54.9 Å². The first-order valence-electron chi connectivity index (χ1n) is 5.99. The van der Waals surface area contributed by atoms with Crippen molar-refractivity contribution in [3.63, 3.8) is 0 Å². The van der Waals surface area contributed by atoms with Crippen LogP contribution >= 0.6 is 24.2 Å². The minimum Gasteiger partial charge on any atom is -0.340 e. The molecule has 1 heterocycles. The lowest BCUT2D eigenvalue weighted by molar-refractivity contribution is 1.22. The summed E-state index contributed by atoms with van der Waals surface area (Å²) in [7, 11) is 0. The number of nitrogens with zero attached hydrogens (tertiary/aromatic N) is 3. The lowest BCUT2D eigenvalue weighted by Crippen LogP contribution is -1.95. The normalized spacial score (nSPS) is 9.67. The molecule has 6 heteroatoms. The van der Waals surface area contributed by atoms with Gasteiger partial charge in [0.05, 0.1) is 5.52 Å². The van der Waals surface area contributed by atoms with Crippen LogP contribution in [-0.4, -0.2) is 9.97 Å². The number of hydrogen-bond acceptors (Lipinski definition) is 5. The van der Waals surface area contributed by atoms with E-state index in [2.05, 4.69) is 20.7 Å². The molecule has 0 saturated carbocycles. The molecule has 0 fully saturated rings. The molecule has 0 aliphatic heterocycles. The zero-order valence-electron chi connectivity index (χ0n) is 10.9. The zero-order chi connectivity index (χ0) is 13.8. The molecular weight excluding hydrogens is 304 g/mol. The van der Waals surface area contributed by atoms with E-state index in [0.29, 0.717) is 0 Å². The molecule has 0 unspecified atom stereocenters. The van der Waals surface area contributed by atoms with Crippen molar-refractivity contribution >= 4 is 46.6 Å². The Morgan fingerprint density at radius 3 is 2.52 bits per heavy atom. The van der Waals surface area contributed by atoms with Crippen LogP contribution in [-0.2, 0) is 0 Å². The number of hydrogen-bond donors (Lipinski definition) is 1. The van der Waals surface area contributed by atoms with Gasteiger partial charge < -0.3 is 5.32 Å². The molecule has 0 spiro atoms. The summed E-state index contributed by atoms with van der Waals surface area (Å²) in [5.41, 5.74) is 1.83. The van der Waals surface area contributed by atoms with Crippen molar-refractivity contribution < 1.29 is 0 Å². The van der Waals surface area contributed by atoms with Gasteiger partial charge in [-0.25, -0.2) is 9.97 Å². The number of nitriles is 1. The fraction of sp³-hybridized carbons (Fsp3) is 0. The van der Waals surface area contributed by atoms with Gasteiger partial charge in [-0.3, -0.25) is 0 Å². The molecule has 3 aromatic rings. The Balaban J connectivity index is 0.00000161. The molecule has 4 nitrogen and oxygen atoms in total. The van der Waals surface area contributed by atoms with Crippen LogP contribution in [0.25, 0.3) is 10.9 Å². The largest absolute Gasteiger partial charge is 0.340 e. The average molecular weight is 315 g/mol. The molecule has 0 aliphatic rings. The van der Waals surface area contributed by atoms with Gasteiger partial charge in [0, 0.05) is 16.0 Å². The van der Waals surface area contributed by atoms with E-state index in [4.69, 9.17) is 5.26 Å². The van der Waals surface area contributed by atoms with E-state index in [1.807, 2.05) is 48.5 Å². The SMILES string of the molecule is Cl.N#CSc1ccc(Nc2ncnc3ccccc23)cc1. The Hall–Kier alpha value is -2.29. The first-order valence-corrected chi connectivity index (χ1v) is 6.81. The van der Waals surface area contributed by atoms with Gasteiger partial charge in [-0.05, 0) is 48.2 Å². The van der Waals surface area contributed by atoms with Gasteiger partial charge in [0.2, 0.25) is 0 Å². The molecule has 0 atom stereocenters. The molecule has 0 bridgehead atoms. The van der Waals surface area contributed by atoms with E-state index in [-0.39, 0.29) is 12.4 Å². The van der Waals surface area contributed by atoms with E-state index in [0.717, 1.165) is 39.1 Å². The molecule has 1 N–H and O–H groups in total. The Morgan fingerprint density at radius 2 is 1.76 bits per heavy atom. The Labute approximate surface area is 132 Å². The third-order valence-corrected chi connectivity index (χ3v) is 3.42. The molecule has 0 amide bonds. The van der Waals surface area contributed by atoms with Crippen molar-refractivity contribution in [2.75, 3.05) is 5.32 Å². The van der Waals surface area contributed by atoms with Crippen LogP contribution in [0.5, 0.6) is 0 Å². The lowest BCUT2D eigenvalue weighted by atomic mass is 10.2. The van der Waals surface area contributed by atoms with Crippen molar-refractivity contribution in [3.8, 4) is 5.40 Å². The minimum atomic E-state index is 0. The Bertz CT molecular complexity index is 778. The van der Waals surface area contributed by atoms with Crippen LogP contribution in [0.4, 0.5) is 11.5 Å². The third-order valence-electron chi connectivity index (χ3n) is 2.82. The fourth-order valence-corrected chi connectivity index (χ4v) is 2.28. The maximum Gasteiger partial charge on any atom is 0.141 e. The summed E-state index contributed by atoms with van der Waals surface area (Å²) < 4.78 is 0. The van der Waals surface area contributed by atoms with Crippen LogP contribution in [0.1, 0.15) is 0 Å². The number of fused-ring (bicyclic) bond motifs is 1. The van der Waals surface area contributed by atoms with E-state index < -0.39 is 0 Å². The first-order chi connectivity index (χ1) is 9.86. The summed E-state index contributed by atoms with van der Waals surface area (Å²) >= 11 is 1.14. The lowest BCUT2D eigenvalue weighted by Gasteiger charge is -2.08. The molecule has 2 aromatic carbocycles. The predicted octanol–water partition coefficient (Wildman–Crippen LogP) is 4.37. The highest BCUT2D eigenvalue weighted by Gasteiger charge is 2.03. The average Bonchev–Trinajstić information content (AvgIpc) is 2.50. The first kappa shape index (κ1) is 15.1. The summed E-state index contributed by atoms with van der Waals surface area (Å²) in [5.74, 6) is 0.774. The number of thiocyanates is 1. The minimum absolute atomic E-state index is 0. The second-order valence-electron chi connectivity index (χ2n) is 4.08. The molecule has 0 saturated heterocycles. The van der Waals surface area contributed by atoms with Crippen molar-refractivity contribution in [2.45, 2.75) is 4.90 Å².